The third-order valence-corrected chi connectivity index (χ3v) is 2.90. The van der Waals surface area contributed by atoms with E-state index < -0.39 is 6.10 Å². The molecule has 0 radical (unpaired) electrons. The summed E-state index contributed by atoms with van der Waals surface area (Å²) in [6, 6.07) is 8.25. The third-order valence-electron chi connectivity index (χ3n) is 2.90. The molecule has 0 saturated heterocycles. The highest BCUT2D eigenvalue weighted by Gasteiger charge is 2.06. The summed E-state index contributed by atoms with van der Waals surface area (Å²) in [6.45, 7) is 9.81. The Labute approximate surface area is 127 Å². The van der Waals surface area contributed by atoms with E-state index in [1.165, 1.54) is 5.56 Å². The molecule has 0 heterocycles. The molecule has 0 aliphatic carbocycles. The van der Waals surface area contributed by atoms with Crippen LogP contribution in [0, 0.1) is 0 Å². The van der Waals surface area contributed by atoms with Gasteiger partial charge in [0, 0.05) is 12.6 Å². The van der Waals surface area contributed by atoms with Gasteiger partial charge in [-0.3, -0.25) is 0 Å². The maximum atomic E-state index is 9.77. The van der Waals surface area contributed by atoms with E-state index >= 15 is 0 Å². The average molecular weight is 293 g/mol. The zero-order chi connectivity index (χ0) is 15.5. The van der Waals surface area contributed by atoms with E-state index in [1.807, 2.05) is 38.1 Å². The Bertz CT molecular complexity index is 390. The maximum Gasteiger partial charge on any atom is 0.119 e. The van der Waals surface area contributed by atoms with E-state index in [2.05, 4.69) is 11.9 Å². The van der Waals surface area contributed by atoms with Gasteiger partial charge in [0.05, 0.1) is 13.2 Å². The molecule has 0 aliphatic heterocycles. The number of ether oxygens (including phenoxy) is 2. The molecule has 1 atom stereocenters. The van der Waals surface area contributed by atoms with Crippen LogP contribution in [0.3, 0.4) is 0 Å². The summed E-state index contributed by atoms with van der Waals surface area (Å²) in [5.74, 6) is 0.773. The van der Waals surface area contributed by atoms with Gasteiger partial charge >= 0.3 is 0 Å². The summed E-state index contributed by atoms with van der Waals surface area (Å²) in [5, 5.41) is 12.9. The van der Waals surface area contributed by atoms with Crippen LogP contribution in [-0.2, 0) is 11.2 Å². The molecule has 118 valence electrons. The molecule has 0 bridgehead atoms. The fraction of sp³-hybridized carbons (Fsp3) is 0.529. The van der Waals surface area contributed by atoms with E-state index in [0.717, 1.165) is 12.2 Å². The fourth-order valence-corrected chi connectivity index (χ4v) is 1.73. The molecule has 0 saturated carbocycles. The number of hydrogen-bond acceptors (Lipinski definition) is 4. The van der Waals surface area contributed by atoms with Crippen molar-refractivity contribution in [3.8, 4) is 5.75 Å². The average Bonchev–Trinajstić information content (AvgIpc) is 2.48. The van der Waals surface area contributed by atoms with Crippen LogP contribution >= 0.6 is 0 Å². The molecule has 2 N–H and O–H groups in total. The van der Waals surface area contributed by atoms with Crippen molar-refractivity contribution in [3.63, 3.8) is 0 Å². The van der Waals surface area contributed by atoms with Gasteiger partial charge in [-0.1, -0.05) is 32.1 Å². The summed E-state index contributed by atoms with van der Waals surface area (Å²) < 4.78 is 10.9. The van der Waals surface area contributed by atoms with Gasteiger partial charge in [0.2, 0.25) is 0 Å². The van der Waals surface area contributed by atoms with Crippen LogP contribution in [0.15, 0.2) is 36.9 Å². The second-order valence-electron chi connectivity index (χ2n) is 5.29. The highest BCUT2D eigenvalue weighted by atomic mass is 16.5. The first kappa shape index (κ1) is 17.7. The monoisotopic (exact) mass is 293 g/mol. The zero-order valence-corrected chi connectivity index (χ0v) is 13.0. The smallest absolute Gasteiger partial charge is 0.119 e. The van der Waals surface area contributed by atoms with Crippen molar-refractivity contribution in [2.75, 3.05) is 26.4 Å². The van der Waals surface area contributed by atoms with Crippen molar-refractivity contribution in [2.45, 2.75) is 32.4 Å². The van der Waals surface area contributed by atoms with E-state index in [1.54, 1.807) is 6.08 Å². The summed E-state index contributed by atoms with van der Waals surface area (Å²) in [6.07, 6.45) is 2.12. The number of hydrogen-bond donors (Lipinski definition) is 2. The summed E-state index contributed by atoms with van der Waals surface area (Å²) >= 11 is 0. The molecule has 0 aromatic heterocycles. The third kappa shape index (κ3) is 8.50. The molecule has 0 unspecified atom stereocenters. The molecule has 1 aromatic rings. The standard InChI is InChI=1S/C17H27NO3/c1-4-10-20-11-9-15-5-7-17(8-6-15)21-13-16(19)12-18-14(2)3/h4-8,14,16,18-19H,1,9-13H2,2-3H3/t16-/m0/s1. The van der Waals surface area contributed by atoms with E-state index in [9.17, 15) is 5.11 Å². The lowest BCUT2D eigenvalue weighted by atomic mass is 10.1. The van der Waals surface area contributed by atoms with Crippen LogP contribution < -0.4 is 10.1 Å². The molecule has 1 rings (SSSR count). The van der Waals surface area contributed by atoms with Crippen LogP contribution in [0.5, 0.6) is 5.75 Å². The Kier molecular flexibility index (Phi) is 8.74. The van der Waals surface area contributed by atoms with Gasteiger partial charge in [-0.15, -0.1) is 6.58 Å². The van der Waals surface area contributed by atoms with Crippen molar-refractivity contribution in [1.82, 2.24) is 5.32 Å². The second-order valence-corrected chi connectivity index (χ2v) is 5.29. The highest BCUT2D eigenvalue weighted by molar-refractivity contribution is 5.27. The summed E-state index contributed by atoms with van der Waals surface area (Å²) in [7, 11) is 0. The van der Waals surface area contributed by atoms with Crippen LogP contribution in [0.2, 0.25) is 0 Å². The normalized spacial score (nSPS) is 12.4. The van der Waals surface area contributed by atoms with Crippen molar-refractivity contribution in [1.29, 1.82) is 0 Å². The summed E-state index contributed by atoms with van der Waals surface area (Å²) in [4.78, 5) is 0. The molecule has 1 aromatic carbocycles. The number of nitrogens with one attached hydrogen (secondary N) is 1. The van der Waals surface area contributed by atoms with Crippen LogP contribution in [0.4, 0.5) is 0 Å². The minimum Gasteiger partial charge on any atom is -0.491 e. The lowest BCUT2D eigenvalue weighted by Crippen LogP contribution is -2.35. The van der Waals surface area contributed by atoms with E-state index in [4.69, 9.17) is 9.47 Å². The molecule has 0 amide bonds. The first-order valence-corrected chi connectivity index (χ1v) is 7.43. The van der Waals surface area contributed by atoms with Gasteiger partial charge in [0.25, 0.3) is 0 Å². The van der Waals surface area contributed by atoms with E-state index in [-0.39, 0.29) is 0 Å². The number of aliphatic hydroxyl groups excluding tert-OH is 1. The number of rotatable bonds is 11. The van der Waals surface area contributed by atoms with E-state index in [0.29, 0.717) is 32.4 Å². The Morgan fingerprint density at radius 3 is 2.62 bits per heavy atom. The fourth-order valence-electron chi connectivity index (χ4n) is 1.73. The quantitative estimate of drug-likeness (QED) is 0.485. The van der Waals surface area contributed by atoms with Gasteiger partial charge in [-0.05, 0) is 24.1 Å². The van der Waals surface area contributed by atoms with Gasteiger partial charge in [0.1, 0.15) is 18.5 Å². The van der Waals surface area contributed by atoms with Crippen LogP contribution in [-0.4, -0.2) is 43.6 Å². The Hall–Kier alpha value is -1.36. The first-order chi connectivity index (χ1) is 10.1. The van der Waals surface area contributed by atoms with Crippen molar-refractivity contribution >= 4 is 0 Å². The Morgan fingerprint density at radius 2 is 2.00 bits per heavy atom. The maximum absolute atomic E-state index is 9.77. The highest BCUT2D eigenvalue weighted by Crippen LogP contribution is 2.13. The summed E-state index contributed by atoms with van der Waals surface area (Å²) in [5.41, 5.74) is 1.20. The molecule has 4 heteroatoms. The topological polar surface area (TPSA) is 50.7 Å². The SMILES string of the molecule is C=CCOCCc1ccc(OC[C@@H](O)CNC(C)C)cc1. The van der Waals surface area contributed by atoms with Gasteiger partial charge in [-0.2, -0.15) is 0 Å². The predicted octanol–water partition coefficient (Wildman–Crippen LogP) is 2.17. The number of benzene rings is 1. The van der Waals surface area contributed by atoms with Crippen molar-refractivity contribution < 1.29 is 14.6 Å². The van der Waals surface area contributed by atoms with Gasteiger partial charge in [-0.25, -0.2) is 0 Å². The second kappa shape index (κ2) is 10.4. The lowest BCUT2D eigenvalue weighted by molar-refractivity contribution is 0.104. The van der Waals surface area contributed by atoms with Crippen LogP contribution in [0.25, 0.3) is 0 Å². The molecular weight excluding hydrogens is 266 g/mol. The first-order valence-electron chi connectivity index (χ1n) is 7.43. The molecule has 21 heavy (non-hydrogen) atoms. The Morgan fingerprint density at radius 1 is 1.29 bits per heavy atom. The molecular formula is C17H27NO3. The number of aliphatic hydroxyl groups is 1. The largest absolute Gasteiger partial charge is 0.491 e. The zero-order valence-electron chi connectivity index (χ0n) is 13.0. The predicted molar refractivity (Wildman–Crippen MR) is 85.8 cm³/mol. The molecule has 0 spiro atoms. The lowest BCUT2D eigenvalue weighted by Gasteiger charge is -2.15. The molecule has 4 nitrogen and oxygen atoms in total. The molecule has 0 fully saturated rings. The van der Waals surface area contributed by atoms with Crippen LogP contribution in [0.1, 0.15) is 19.4 Å². The Balaban J connectivity index is 2.25. The van der Waals surface area contributed by atoms with Crippen molar-refractivity contribution in [2.24, 2.45) is 0 Å². The minimum absolute atomic E-state index is 0.293. The van der Waals surface area contributed by atoms with Gasteiger partial charge in [0.15, 0.2) is 0 Å². The van der Waals surface area contributed by atoms with Gasteiger partial charge < -0.3 is 19.9 Å². The molecule has 0 aliphatic rings. The van der Waals surface area contributed by atoms with Crippen molar-refractivity contribution in [3.05, 3.63) is 42.5 Å². The minimum atomic E-state index is -0.501.